The number of carbonyl (C=O) groups is 1. The minimum absolute atomic E-state index is 0.273. The van der Waals surface area contributed by atoms with Crippen LogP contribution in [0.5, 0.6) is 0 Å². The van der Waals surface area contributed by atoms with E-state index in [9.17, 15) is 9.18 Å². The molecule has 136 valence electrons. The summed E-state index contributed by atoms with van der Waals surface area (Å²) in [7, 11) is 0. The predicted molar refractivity (Wildman–Crippen MR) is 107 cm³/mol. The van der Waals surface area contributed by atoms with Crippen LogP contribution in [0, 0.1) is 5.82 Å². The minimum Gasteiger partial charge on any atom is -0.306 e. The Morgan fingerprint density at radius 3 is 2.74 bits per heavy atom. The molecule has 2 aromatic carbocycles. The summed E-state index contributed by atoms with van der Waals surface area (Å²) in [5, 5.41) is 4.98. The number of fused-ring (bicyclic) bond motifs is 1. The average molecular weight is 378 g/mol. The zero-order valence-electron chi connectivity index (χ0n) is 14.7. The van der Waals surface area contributed by atoms with Crippen LogP contribution in [0.3, 0.4) is 0 Å². The lowest BCUT2D eigenvalue weighted by atomic mass is 10.0. The summed E-state index contributed by atoms with van der Waals surface area (Å²) in [6, 6.07) is 16.1. The molecule has 2 heterocycles. The van der Waals surface area contributed by atoms with Gasteiger partial charge in [0.2, 0.25) is 0 Å². The number of rotatable bonds is 5. The van der Waals surface area contributed by atoms with Crippen molar-refractivity contribution in [3.63, 3.8) is 0 Å². The maximum atomic E-state index is 13.0. The molecule has 4 rings (SSSR count). The van der Waals surface area contributed by atoms with Crippen molar-refractivity contribution in [2.45, 2.75) is 25.8 Å². The van der Waals surface area contributed by atoms with Crippen LogP contribution in [0.15, 0.2) is 65.0 Å². The monoisotopic (exact) mass is 378 g/mol. The third kappa shape index (κ3) is 4.14. The van der Waals surface area contributed by atoms with E-state index < -0.39 is 0 Å². The van der Waals surface area contributed by atoms with Crippen LogP contribution in [0.25, 0.3) is 0 Å². The van der Waals surface area contributed by atoms with E-state index in [4.69, 9.17) is 0 Å². The van der Waals surface area contributed by atoms with Crippen molar-refractivity contribution in [1.82, 2.24) is 5.32 Å². The van der Waals surface area contributed by atoms with Crippen molar-refractivity contribution in [3.05, 3.63) is 92.9 Å². The molecular weight excluding hydrogens is 359 g/mol. The molecule has 0 spiro atoms. The molecule has 0 bridgehead atoms. The number of carbonyl (C=O) groups excluding carboxylic acids is 1. The third-order valence-corrected chi connectivity index (χ3v) is 5.58. The van der Waals surface area contributed by atoms with Crippen molar-refractivity contribution >= 4 is 23.1 Å². The van der Waals surface area contributed by atoms with Gasteiger partial charge in [-0.2, -0.15) is 0 Å². The number of thiophene rings is 1. The predicted octanol–water partition coefficient (Wildman–Crippen LogP) is 4.75. The van der Waals surface area contributed by atoms with E-state index in [1.54, 1.807) is 11.3 Å². The van der Waals surface area contributed by atoms with Gasteiger partial charge in [-0.3, -0.25) is 9.79 Å². The Morgan fingerprint density at radius 1 is 1.11 bits per heavy atom. The number of hydrogen-bond acceptors (Lipinski definition) is 3. The number of aryl methyl sites for hydroxylation is 2. The number of hydrogen-bond donors (Lipinski definition) is 1. The van der Waals surface area contributed by atoms with E-state index in [1.807, 2.05) is 0 Å². The maximum Gasteiger partial charge on any atom is 0.256 e. The van der Waals surface area contributed by atoms with Crippen LogP contribution in [0.4, 0.5) is 4.39 Å². The second-order valence-corrected chi connectivity index (χ2v) is 7.58. The maximum absolute atomic E-state index is 13.0. The van der Waals surface area contributed by atoms with Crippen molar-refractivity contribution in [2.24, 2.45) is 4.99 Å². The van der Waals surface area contributed by atoms with E-state index >= 15 is 0 Å². The molecule has 1 aliphatic heterocycles. The lowest BCUT2D eigenvalue weighted by Gasteiger charge is -2.09. The summed E-state index contributed by atoms with van der Waals surface area (Å²) in [5.41, 5.74) is 3.76. The fourth-order valence-electron chi connectivity index (χ4n) is 3.20. The largest absolute Gasteiger partial charge is 0.306 e. The molecule has 3 aromatic rings. The SMILES string of the molecule is O=C(NC1=NCc2ccc(CCCc3cccs3)cc21)c1ccc(F)cc1. The fourth-order valence-corrected chi connectivity index (χ4v) is 3.95. The molecule has 0 fully saturated rings. The Morgan fingerprint density at radius 2 is 1.96 bits per heavy atom. The molecule has 5 heteroatoms. The first kappa shape index (κ1) is 17.6. The number of benzene rings is 2. The highest BCUT2D eigenvalue weighted by atomic mass is 32.1. The van der Waals surface area contributed by atoms with Gasteiger partial charge in [-0.05, 0) is 72.2 Å². The number of amides is 1. The lowest BCUT2D eigenvalue weighted by Crippen LogP contribution is -2.30. The van der Waals surface area contributed by atoms with E-state index in [0.717, 1.165) is 30.4 Å². The van der Waals surface area contributed by atoms with Gasteiger partial charge in [-0.25, -0.2) is 4.39 Å². The van der Waals surface area contributed by atoms with Crippen LogP contribution >= 0.6 is 11.3 Å². The minimum atomic E-state index is -0.359. The number of amidine groups is 1. The third-order valence-electron chi connectivity index (χ3n) is 4.64. The first-order valence-corrected chi connectivity index (χ1v) is 9.83. The lowest BCUT2D eigenvalue weighted by molar-refractivity contribution is 0.0977. The van der Waals surface area contributed by atoms with E-state index in [-0.39, 0.29) is 11.7 Å². The van der Waals surface area contributed by atoms with Gasteiger partial charge in [-0.1, -0.05) is 18.2 Å². The molecule has 1 aromatic heterocycles. The second kappa shape index (κ2) is 7.84. The molecule has 0 unspecified atom stereocenters. The summed E-state index contributed by atoms with van der Waals surface area (Å²) < 4.78 is 13.0. The fraction of sp³-hybridized carbons (Fsp3) is 0.182. The van der Waals surface area contributed by atoms with Crippen molar-refractivity contribution in [1.29, 1.82) is 0 Å². The number of nitrogens with zero attached hydrogens (tertiary/aromatic N) is 1. The molecule has 1 aliphatic rings. The Balaban J connectivity index is 1.42. The molecule has 1 amide bonds. The average Bonchev–Trinajstić information content (AvgIpc) is 3.33. The molecular formula is C22H19FN2OS. The molecule has 0 atom stereocenters. The highest BCUT2D eigenvalue weighted by molar-refractivity contribution is 7.09. The van der Waals surface area contributed by atoms with Crippen LogP contribution in [-0.4, -0.2) is 11.7 Å². The van der Waals surface area contributed by atoms with Gasteiger partial charge in [0.25, 0.3) is 5.91 Å². The van der Waals surface area contributed by atoms with E-state index in [2.05, 4.69) is 46.0 Å². The van der Waals surface area contributed by atoms with Crippen molar-refractivity contribution < 1.29 is 9.18 Å². The highest BCUT2D eigenvalue weighted by Crippen LogP contribution is 2.21. The molecule has 27 heavy (non-hydrogen) atoms. The quantitative estimate of drug-likeness (QED) is 0.684. The van der Waals surface area contributed by atoms with Crippen LogP contribution in [0.2, 0.25) is 0 Å². The number of halogens is 1. The summed E-state index contributed by atoms with van der Waals surface area (Å²) in [6.45, 7) is 0.573. The van der Waals surface area contributed by atoms with Gasteiger partial charge in [0.1, 0.15) is 11.7 Å². The van der Waals surface area contributed by atoms with Gasteiger partial charge < -0.3 is 5.32 Å². The molecule has 0 saturated carbocycles. The first-order chi connectivity index (χ1) is 13.2. The Kier molecular flexibility index (Phi) is 5.12. The normalized spacial score (nSPS) is 12.6. The second-order valence-electron chi connectivity index (χ2n) is 6.55. The topological polar surface area (TPSA) is 41.5 Å². The van der Waals surface area contributed by atoms with Gasteiger partial charge >= 0.3 is 0 Å². The summed E-state index contributed by atoms with van der Waals surface area (Å²) in [5.74, 6) is -0.0357. The van der Waals surface area contributed by atoms with E-state index in [0.29, 0.717) is 17.9 Å². The van der Waals surface area contributed by atoms with Crippen LogP contribution in [0.1, 0.15) is 38.3 Å². The Labute approximate surface area is 161 Å². The van der Waals surface area contributed by atoms with E-state index in [1.165, 1.54) is 34.7 Å². The highest BCUT2D eigenvalue weighted by Gasteiger charge is 2.19. The van der Waals surface area contributed by atoms with Crippen LogP contribution < -0.4 is 5.32 Å². The smallest absolute Gasteiger partial charge is 0.256 e. The van der Waals surface area contributed by atoms with Gasteiger partial charge in [-0.15, -0.1) is 11.3 Å². The molecule has 0 aliphatic carbocycles. The zero-order chi connectivity index (χ0) is 18.6. The molecule has 3 nitrogen and oxygen atoms in total. The standard InChI is InChI=1S/C22H19FN2OS/c23-18-10-8-16(9-11-18)22(26)25-21-20-13-15(6-7-17(20)14-24-21)3-1-4-19-5-2-12-27-19/h2,5-13H,1,3-4,14H2,(H,24,25,26). The number of aliphatic imine (C=N–C) groups is 1. The Bertz CT molecular complexity index is 978. The molecule has 0 saturated heterocycles. The van der Waals surface area contributed by atoms with Gasteiger partial charge in [0.15, 0.2) is 0 Å². The summed E-state index contributed by atoms with van der Waals surface area (Å²) >= 11 is 1.79. The Hall–Kier alpha value is -2.79. The summed E-state index contributed by atoms with van der Waals surface area (Å²) in [6.07, 6.45) is 3.16. The van der Waals surface area contributed by atoms with Crippen LogP contribution in [-0.2, 0) is 19.4 Å². The zero-order valence-corrected chi connectivity index (χ0v) is 15.6. The van der Waals surface area contributed by atoms with Gasteiger partial charge in [0.05, 0.1) is 6.54 Å². The van der Waals surface area contributed by atoms with Gasteiger partial charge in [0, 0.05) is 16.0 Å². The molecule has 0 radical (unpaired) electrons. The van der Waals surface area contributed by atoms with Crippen molar-refractivity contribution in [2.75, 3.05) is 0 Å². The summed E-state index contributed by atoms with van der Waals surface area (Å²) in [4.78, 5) is 18.3. The van der Waals surface area contributed by atoms with Crippen molar-refractivity contribution in [3.8, 4) is 0 Å². The molecule has 1 N–H and O–H groups in total. The number of nitrogens with one attached hydrogen (secondary N) is 1. The first-order valence-electron chi connectivity index (χ1n) is 8.95.